The third-order valence-electron chi connectivity index (χ3n) is 5.25. The summed E-state index contributed by atoms with van der Waals surface area (Å²) >= 11 is 6.15. The summed E-state index contributed by atoms with van der Waals surface area (Å²) in [5.41, 5.74) is 2.77. The number of amides is 1. The van der Waals surface area contributed by atoms with Crippen LogP contribution in [0.3, 0.4) is 0 Å². The number of benzene rings is 2. The highest BCUT2D eigenvalue weighted by Gasteiger charge is 2.32. The Balaban J connectivity index is 1.66. The van der Waals surface area contributed by atoms with Gasteiger partial charge in [0.15, 0.2) is 11.5 Å². The zero-order valence-corrected chi connectivity index (χ0v) is 15.5. The fraction of sp³-hybridized carbons (Fsp3) is 0.381. The Morgan fingerprint density at radius 2 is 2.00 bits per heavy atom. The number of anilines is 1. The van der Waals surface area contributed by atoms with Crippen molar-refractivity contribution in [3.8, 4) is 11.5 Å². The lowest BCUT2D eigenvalue weighted by Gasteiger charge is -2.20. The van der Waals surface area contributed by atoms with Gasteiger partial charge in [0.2, 0.25) is 5.91 Å². The zero-order valence-electron chi connectivity index (χ0n) is 14.8. The number of carbonyl (C=O) groups excluding carboxylic acids is 1. The van der Waals surface area contributed by atoms with Gasteiger partial charge >= 0.3 is 0 Å². The van der Waals surface area contributed by atoms with Crippen LogP contribution in [0.4, 0.5) is 5.69 Å². The fourth-order valence-corrected chi connectivity index (χ4v) is 4.09. The van der Waals surface area contributed by atoms with Crippen molar-refractivity contribution < 1.29 is 14.3 Å². The molecule has 1 amide bonds. The van der Waals surface area contributed by atoms with Crippen molar-refractivity contribution in [3.05, 3.63) is 52.5 Å². The number of ether oxygens (including phenoxy) is 2. The summed E-state index contributed by atoms with van der Waals surface area (Å²) in [4.78, 5) is 12.5. The fourth-order valence-electron chi connectivity index (χ4n) is 3.91. The Bertz CT molecular complexity index is 830. The van der Waals surface area contributed by atoms with Crippen LogP contribution in [0.25, 0.3) is 0 Å². The zero-order chi connectivity index (χ0) is 18.1. The van der Waals surface area contributed by atoms with Gasteiger partial charge in [-0.25, -0.2) is 0 Å². The molecule has 0 aromatic heterocycles. The average Bonchev–Trinajstić information content (AvgIpc) is 3.25. The first kappa shape index (κ1) is 17.2. The maximum atomic E-state index is 12.5. The van der Waals surface area contributed by atoms with Gasteiger partial charge in [0.1, 0.15) is 0 Å². The molecule has 1 fully saturated rings. The molecule has 0 radical (unpaired) electrons. The van der Waals surface area contributed by atoms with Gasteiger partial charge in [-0.1, -0.05) is 23.7 Å². The molecule has 0 bridgehead atoms. The van der Waals surface area contributed by atoms with Gasteiger partial charge < -0.3 is 14.8 Å². The molecule has 2 aliphatic rings. The van der Waals surface area contributed by atoms with Gasteiger partial charge in [-0.15, -0.1) is 0 Å². The lowest BCUT2D eigenvalue weighted by Crippen LogP contribution is -2.17. The van der Waals surface area contributed by atoms with Gasteiger partial charge in [0, 0.05) is 10.7 Å². The van der Waals surface area contributed by atoms with Gasteiger partial charge in [-0.2, -0.15) is 0 Å². The number of hydrogen-bond donors (Lipinski definition) is 1. The number of rotatable bonds is 5. The minimum absolute atomic E-state index is 0.00287. The van der Waals surface area contributed by atoms with Crippen LogP contribution in [0, 0.1) is 0 Å². The van der Waals surface area contributed by atoms with Gasteiger partial charge in [-0.3, -0.25) is 4.79 Å². The molecule has 1 aliphatic carbocycles. The first-order valence-electron chi connectivity index (χ1n) is 9.08. The predicted molar refractivity (Wildman–Crippen MR) is 102 cm³/mol. The van der Waals surface area contributed by atoms with E-state index in [1.165, 1.54) is 12.8 Å². The average molecular weight is 372 g/mol. The highest BCUT2D eigenvalue weighted by atomic mass is 35.5. The molecule has 4 nitrogen and oxygen atoms in total. The monoisotopic (exact) mass is 371 g/mol. The Labute approximate surface area is 158 Å². The molecule has 1 saturated carbocycles. The molecule has 4 rings (SSSR count). The molecule has 2 aromatic carbocycles. The first-order valence-corrected chi connectivity index (χ1v) is 9.46. The Morgan fingerprint density at radius 1 is 1.19 bits per heavy atom. The van der Waals surface area contributed by atoms with Gasteiger partial charge in [0.25, 0.3) is 0 Å². The molecule has 1 atom stereocenters. The van der Waals surface area contributed by atoms with Crippen molar-refractivity contribution in [1.29, 1.82) is 0 Å². The predicted octanol–water partition coefficient (Wildman–Crippen LogP) is 4.95. The van der Waals surface area contributed by atoms with Crippen LogP contribution in [0.2, 0.25) is 5.02 Å². The van der Waals surface area contributed by atoms with E-state index in [1.54, 1.807) is 13.2 Å². The molecule has 0 unspecified atom stereocenters. The van der Waals surface area contributed by atoms with Crippen LogP contribution in [0.1, 0.15) is 42.7 Å². The van der Waals surface area contributed by atoms with Crippen LogP contribution in [0.15, 0.2) is 36.4 Å². The maximum Gasteiger partial charge on any atom is 0.232 e. The maximum absolute atomic E-state index is 12.5. The molecule has 2 aromatic rings. The molecule has 1 heterocycles. The van der Waals surface area contributed by atoms with Crippen LogP contribution in [-0.4, -0.2) is 19.1 Å². The van der Waals surface area contributed by atoms with Crippen LogP contribution < -0.4 is 14.8 Å². The first-order chi connectivity index (χ1) is 12.7. The van der Waals surface area contributed by atoms with E-state index in [1.807, 2.05) is 30.3 Å². The molecule has 0 saturated heterocycles. The number of nitrogens with one attached hydrogen (secondary N) is 1. The molecule has 1 N–H and O–H groups in total. The van der Waals surface area contributed by atoms with Crippen molar-refractivity contribution in [2.24, 2.45) is 0 Å². The highest BCUT2D eigenvalue weighted by molar-refractivity contribution is 6.31. The second-order valence-corrected chi connectivity index (χ2v) is 7.39. The molecule has 136 valence electrons. The van der Waals surface area contributed by atoms with Crippen molar-refractivity contribution >= 4 is 23.2 Å². The number of hydrogen-bond acceptors (Lipinski definition) is 3. The molecule has 26 heavy (non-hydrogen) atoms. The lowest BCUT2D eigenvalue weighted by atomic mass is 9.92. The van der Waals surface area contributed by atoms with Crippen molar-refractivity contribution in [2.75, 3.05) is 12.4 Å². The third-order valence-corrected chi connectivity index (χ3v) is 5.49. The van der Waals surface area contributed by atoms with E-state index in [0.717, 1.165) is 41.2 Å². The SMILES string of the molecule is COc1cccc(C[C@H]2C(=O)Nc3ccc(Cl)cc32)c1OC1CCCC1. The molecular formula is C21H22ClNO3. The molecule has 1 aliphatic heterocycles. The lowest BCUT2D eigenvalue weighted by molar-refractivity contribution is -0.117. The summed E-state index contributed by atoms with van der Waals surface area (Å²) in [6.45, 7) is 0. The summed E-state index contributed by atoms with van der Waals surface area (Å²) in [7, 11) is 1.65. The third kappa shape index (κ3) is 3.26. The molecular weight excluding hydrogens is 350 g/mol. The van der Waals surface area contributed by atoms with Crippen LogP contribution in [-0.2, 0) is 11.2 Å². The minimum atomic E-state index is -0.276. The summed E-state index contributed by atoms with van der Waals surface area (Å²) < 4.78 is 11.8. The van der Waals surface area contributed by atoms with Crippen molar-refractivity contribution in [3.63, 3.8) is 0 Å². The highest BCUT2D eigenvalue weighted by Crippen LogP contribution is 2.41. The summed E-state index contributed by atoms with van der Waals surface area (Å²) in [6.07, 6.45) is 5.32. The standard InChI is InChI=1S/C21H22ClNO3/c1-25-19-8-4-5-13(20(19)26-15-6-2-3-7-15)11-17-16-12-14(22)9-10-18(16)23-21(17)24/h4-5,8-10,12,15,17H,2-3,6-7,11H2,1H3,(H,23,24)/t17-/m1/s1. The van der Waals surface area contributed by atoms with Gasteiger partial charge in [0.05, 0.1) is 19.1 Å². The number of carbonyl (C=O) groups is 1. The second kappa shape index (κ2) is 7.20. The van der Waals surface area contributed by atoms with E-state index in [2.05, 4.69) is 5.32 Å². The summed E-state index contributed by atoms with van der Waals surface area (Å²) in [6, 6.07) is 11.4. The van der Waals surface area contributed by atoms with Crippen LogP contribution >= 0.6 is 11.6 Å². The number of methoxy groups -OCH3 is 1. The quantitative estimate of drug-likeness (QED) is 0.809. The topological polar surface area (TPSA) is 47.6 Å². The van der Waals surface area contributed by atoms with E-state index in [9.17, 15) is 4.79 Å². The van der Waals surface area contributed by atoms with Crippen molar-refractivity contribution in [1.82, 2.24) is 0 Å². The van der Waals surface area contributed by atoms with E-state index in [-0.39, 0.29) is 17.9 Å². The number of para-hydroxylation sites is 1. The second-order valence-electron chi connectivity index (χ2n) is 6.95. The minimum Gasteiger partial charge on any atom is -0.493 e. The Kier molecular flexibility index (Phi) is 4.77. The van der Waals surface area contributed by atoms with E-state index >= 15 is 0 Å². The number of halogens is 1. The summed E-state index contributed by atoms with van der Waals surface area (Å²) in [5, 5.41) is 3.58. The van der Waals surface area contributed by atoms with Gasteiger partial charge in [-0.05, 0) is 67.5 Å². The van der Waals surface area contributed by atoms with E-state index in [0.29, 0.717) is 11.4 Å². The van der Waals surface area contributed by atoms with Crippen molar-refractivity contribution in [2.45, 2.75) is 44.1 Å². The van der Waals surface area contributed by atoms with E-state index < -0.39 is 0 Å². The van der Waals surface area contributed by atoms with E-state index in [4.69, 9.17) is 21.1 Å². The Morgan fingerprint density at radius 3 is 2.77 bits per heavy atom. The summed E-state index contributed by atoms with van der Waals surface area (Å²) in [5.74, 6) is 1.21. The normalized spacial score (nSPS) is 19.3. The largest absolute Gasteiger partial charge is 0.493 e. The smallest absolute Gasteiger partial charge is 0.232 e. The Hall–Kier alpha value is -2.20. The van der Waals surface area contributed by atoms with Crippen LogP contribution in [0.5, 0.6) is 11.5 Å². The number of fused-ring (bicyclic) bond motifs is 1. The molecule has 5 heteroatoms. The molecule has 0 spiro atoms.